The van der Waals surface area contributed by atoms with Gasteiger partial charge in [-0.05, 0) is 68.8 Å². The summed E-state index contributed by atoms with van der Waals surface area (Å²) in [6.07, 6.45) is 1.66. The maximum Gasteiger partial charge on any atom is 0.435 e. The van der Waals surface area contributed by atoms with E-state index in [1.54, 1.807) is 12.1 Å². The maximum atomic E-state index is 13.5. The third-order valence-electron chi connectivity index (χ3n) is 7.99. The van der Waals surface area contributed by atoms with E-state index in [9.17, 15) is 22.8 Å². The fraction of sp³-hybridized carbons (Fsp3) is 0.481. The Morgan fingerprint density at radius 1 is 1.10 bits per heavy atom. The van der Waals surface area contributed by atoms with Gasteiger partial charge >= 0.3 is 6.18 Å². The van der Waals surface area contributed by atoms with E-state index in [4.69, 9.17) is 11.6 Å². The van der Waals surface area contributed by atoms with Crippen molar-refractivity contribution >= 4 is 29.1 Å². The van der Waals surface area contributed by atoms with E-state index in [2.05, 4.69) is 25.7 Å². The molecule has 1 aromatic carbocycles. The Balaban J connectivity index is 1.08. The molecule has 40 heavy (non-hydrogen) atoms. The van der Waals surface area contributed by atoms with Gasteiger partial charge in [-0.15, -0.1) is 0 Å². The van der Waals surface area contributed by atoms with E-state index in [0.717, 1.165) is 38.8 Å². The molecule has 1 saturated carbocycles. The van der Waals surface area contributed by atoms with Crippen LogP contribution in [0.5, 0.6) is 0 Å². The first-order valence-electron chi connectivity index (χ1n) is 13.5. The first kappa shape index (κ1) is 26.8. The zero-order valence-electron chi connectivity index (χ0n) is 21.6. The SMILES string of the molecule is O=C(Nc1ccc(C(=O)N2CCC(C3CNC3)CC2)c(Cl)c1)c1ncc(Cc2cn(C3CC3)nc2C(F)(F)F)[nH]1. The third-order valence-corrected chi connectivity index (χ3v) is 8.30. The quantitative estimate of drug-likeness (QED) is 0.384. The largest absolute Gasteiger partial charge is 0.435 e. The van der Waals surface area contributed by atoms with E-state index in [-0.39, 0.29) is 34.8 Å². The van der Waals surface area contributed by atoms with Crippen molar-refractivity contribution in [3.05, 3.63) is 64.0 Å². The second-order valence-electron chi connectivity index (χ2n) is 10.8. The lowest BCUT2D eigenvalue weighted by atomic mass is 9.81. The highest BCUT2D eigenvalue weighted by Crippen LogP contribution is 2.38. The summed E-state index contributed by atoms with van der Waals surface area (Å²) >= 11 is 6.43. The number of anilines is 1. The standard InChI is InChI=1S/C27H29ClF3N7O2/c28-22-10-18(1-4-21(22)26(40)37-7-5-15(6-8-37)17-11-32-12-17)35-25(39)24-33-13-19(34-24)9-16-14-38(20-2-3-20)36-23(16)27(29,30)31/h1,4,10,13-15,17,20,32H,2-3,5-9,11-12H2,(H,33,34)(H,35,39). The van der Waals surface area contributed by atoms with Gasteiger partial charge in [-0.2, -0.15) is 18.3 Å². The number of hydrogen-bond donors (Lipinski definition) is 3. The van der Waals surface area contributed by atoms with Crippen LogP contribution in [0.2, 0.25) is 5.02 Å². The molecule has 0 atom stereocenters. The van der Waals surface area contributed by atoms with Gasteiger partial charge in [0.05, 0.1) is 16.6 Å². The molecule has 4 heterocycles. The highest BCUT2D eigenvalue weighted by atomic mass is 35.5. The van der Waals surface area contributed by atoms with Crippen molar-refractivity contribution in [1.82, 2.24) is 30.0 Å². The number of halogens is 4. The molecule has 3 N–H and O–H groups in total. The van der Waals surface area contributed by atoms with Crippen molar-refractivity contribution in [2.24, 2.45) is 11.8 Å². The molecule has 13 heteroatoms. The summed E-state index contributed by atoms with van der Waals surface area (Å²) in [6, 6.07) is 4.69. The monoisotopic (exact) mass is 575 g/mol. The number of nitrogens with one attached hydrogen (secondary N) is 3. The number of H-pyrrole nitrogens is 1. The molecule has 3 aliphatic rings. The number of amides is 2. The maximum absolute atomic E-state index is 13.5. The van der Waals surface area contributed by atoms with Gasteiger partial charge in [0.25, 0.3) is 11.8 Å². The average molecular weight is 576 g/mol. The first-order valence-corrected chi connectivity index (χ1v) is 13.8. The number of imidazole rings is 1. The number of piperidine rings is 1. The number of aromatic nitrogens is 4. The lowest BCUT2D eigenvalue weighted by Gasteiger charge is -2.40. The van der Waals surface area contributed by atoms with Gasteiger partial charge in [0.15, 0.2) is 11.5 Å². The second kappa shape index (κ2) is 10.5. The smallest absolute Gasteiger partial charge is 0.339 e. The van der Waals surface area contributed by atoms with Gasteiger partial charge in [-0.25, -0.2) is 4.98 Å². The number of alkyl halides is 3. The highest BCUT2D eigenvalue weighted by Gasteiger charge is 2.39. The summed E-state index contributed by atoms with van der Waals surface area (Å²) in [6.45, 7) is 3.51. The second-order valence-corrected chi connectivity index (χ2v) is 11.2. The molecule has 0 bridgehead atoms. The minimum Gasteiger partial charge on any atom is -0.339 e. The van der Waals surface area contributed by atoms with Crippen molar-refractivity contribution in [2.45, 2.75) is 44.3 Å². The van der Waals surface area contributed by atoms with Crippen molar-refractivity contribution in [1.29, 1.82) is 0 Å². The van der Waals surface area contributed by atoms with Crippen LogP contribution in [0.4, 0.5) is 18.9 Å². The third kappa shape index (κ3) is 5.60. The van der Waals surface area contributed by atoms with Crippen LogP contribution in [-0.2, 0) is 12.6 Å². The lowest BCUT2D eigenvalue weighted by molar-refractivity contribution is -0.142. The van der Waals surface area contributed by atoms with E-state index in [0.29, 0.717) is 41.9 Å². The number of rotatable bonds is 7. The van der Waals surface area contributed by atoms with Crippen molar-refractivity contribution in [3.8, 4) is 0 Å². The van der Waals surface area contributed by atoms with E-state index in [1.807, 2.05) is 4.90 Å². The molecule has 9 nitrogen and oxygen atoms in total. The number of likely N-dealkylation sites (tertiary alicyclic amines) is 1. The topological polar surface area (TPSA) is 108 Å². The molecule has 2 amide bonds. The number of hydrogen-bond acceptors (Lipinski definition) is 5. The Kier molecular flexibility index (Phi) is 7.07. The molecule has 212 valence electrons. The molecular formula is C27H29ClF3N7O2. The summed E-state index contributed by atoms with van der Waals surface area (Å²) in [7, 11) is 0. The fourth-order valence-corrected chi connectivity index (χ4v) is 5.70. The zero-order chi connectivity index (χ0) is 28.0. The summed E-state index contributed by atoms with van der Waals surface area (Å²) < 4.78 is 41.9. The van der Waals surface area contributed by atoms with Crippen LogP contribution in [0.1, 0.15) is 69.7 Å². The summed E-state index contributed by atoms with van der Waals surface area (Å²) in [5, 5.41) is 9.95. The molecule has 0 radical (unpaired) electrons. The van der Waals surface area contributed by atoms with Gasteiger partial charge in [-0.3, -0.25) is 14.3 Å². The Hall–Kier alpha value is -3.38. The molecule has 2 saturated heterocycles. The van der Waals surface area contributed by atoms with Crippen LogP contribution in [0.3, 0.4) is 0 Å². The molecule has 2 aromatic heterocycles. The summed E-state index contributed by atoms with van der Waals surface area (Å²) in [5.74, 6) is 0.579. The number of nitrogens with zero attached hydrogens (tertiary/aromatic N) is 4. The number of aromatic amines is 1. The zero-order valence-corrected chi connectivity index (χ0v) is 22.4. The van der Waals surface area contributed by atoms with Crippen LogP contribution in [0.25, 0.3) is 0 Å². The van der Waals surface area contributed by atoms with E-state index >= 15 is 0 Å². The molecule has 1 aliphatic carbocycles. The molecule has 6 rings (SSSR count). The minimum absolute atomic E-state index is 0.00777. The van der Waals surface area contributed by atoms with Gasteiger partial charge < -0.3 is 20.5 Å². The van der Waals surface area contributed by atoms with Crippen LogP contribution >= 0.6 is 11.6 Å². The fourth-order valence-electron chi connectivity index (χ4n) is 5.44. The Morgan fingerprint density at radius 3 is 2.48 bits per heavy atom. The van der Waals surface area contributed by atoms with E-state index in [1.165, 1.54) is 23.1 Å². The van der Waals surface area contributed by atoms with Gasteiger partial charge in [-0.1, -0.05) is 11.6 Å². The van der Waals surface area contributed by atoms with Crippen LogP contribution in [0, 0.1) is 11.8 Å². The van der Waals surface area contributed by atoms with Gasteiger partial charge in [0.2, 0.25) is 0 Å². The van der Waals surface area contributed by atoms with Crippen LogP contribution in [-0.4, -0.2) is 62.6 Å². The molecule has 3 aromatic rings. The Morgan fingerprint density at radius 2 is 1.85 bits per heavy atom. The minimum atomic E-state index is -4.58. The molecule has 0 spiro atoms. The van der Waals surface area contributed by atoms with Crippen molar-refractivity contribution in [3.63, 3.8) is 0 Å². The van der Waals surface area contributed by atoms with E-state index < -0.39 is 17.8 Å². The summed E-state index contributed by atoms with van der Waals surface area (Å²) in [5.41, 5.74) is 0.180. The average Bonchev–Trinajstić information content (AvgIpc) is 3.46. The molecular weight excluding hydrogens is 547 g/mol. The lowest BCUT2D eigenvalue weighted by Crippen LogP contribution is -2.49. The van der Waals surface area contributed by atoms with Crippen LogP contribution in [0.15, 0.2) is 30.6 Å². The number of benzene rings is 1. The molecule has 2 aliphatic heterocycles. The number of carbonyl (C=O) groups excluding carboxylic acids is 2. The first-order chi connectivity index (χ1) is 19.2. The predicted octanol–water partition coefficient (Wildman–Crippen LogP) is 4.53. The molecule has 0 unspecified atom stereocenters. The summed E-state index contributed by atoms with van der Waals surface area (Å²) in [4.78, 5) is 34.5. The van der Waals surface area contributed by atoms with Crippen LogP contribution < -0.4 is 10.6 Å². The molecule has 3 fully saturated rings. The van der Waals surface area contributed by atoms with Gasteiger partial charge in [0.1, 0.15) is 0 Å². The Labute approximate surface area is 233 Å². The highest BCUT2D eigenvalue weighted by molar-refractivity contribution is 6.34. The predicted molar refractivity (Wildman–Crippen MR) is 141 cm³/mol. The van der Waals surface area contributed by atoms with Gasteiger partial charge in [0, 0.05) is 48.8 Å². The van der Waals surface area contributed by atoms with Crippen molar-refractivity contribution in [2.75, 3.05) is 31.5 Å². The number of carbonyl (C=O) groups is 2. The normalized spacial score (nSPS) is 18.6. The van der Waals surface area contributed by atoms with Crippen molar-refractivity contribution < 1.29 is 22.8 Å². The Bertz CT molecular complexity index is 1420.